The fourth-order valence-corrected chi connectivity index (χ4v) is 16.9. The summed E-state index contributed by atoms with van der Waals surface area (Å²) in [5.74, 6) is -2.95. The number of allylic oxidation sites excluding steroid dienone is 2. The van der Waals surface area contributed by atoms with Gasteiger partial charge in [0.05, 0.1) is 13.2 Å². The van der Waals surface area contributed by atoms with Crippen molar-refractivity contribution in [1.82, 2.24) is 0 Å². The molecule has 25 nitrogen and oxygen atoms in total. The topological polar surface area (TPSA) is 380 Å². The molecular formula is C92H171O25P. The van der Waals surface area contributed by atoms with Crippen molar-refractivity contribution in [3.05, 3.63) is 12.2 Å². The summed E-state index contributed by atoms with van der Waals surface area (Å²) in [4.78, 5) is 66.5. The molecule has 2 aliphatic heterocycles. The van der Waals surface area contributed by atoms with Gasteiger partial charge < -0.3 is 88.7 Å². The molecule has 3 rings (SSSR count). The van der Waals surface area contributed by atoms with Gasteiger partial charge in [-0.2, -0.15) is 0 Å². The van der Waals surface area contributed by atoms with Gasteiger partial charge in [-0.25, -0.2) is 4.57 Å². The van der Waals surface area contributed by atoms with Crippen LogP contribution in [0.3, 0.4) is 0 Å². The van der Waals surface area contributed by atoms with Crippen LogP contribution >= 0.6 is 7.82 Å². The fourth-order valence-electron chi connectivity index (χ4n) is 15.9. The van der Waals surface area contributed by atoms with Crippen molar-refractivity contribution in [3.8, 4) is 0 Å². The van der Waals surface area contributed by atoms with Gasteiger partial charge in [-0.3, -0.25) is 28.2 Å². The molecule has 0 aromatic carbocycles. The standard InChI is InChI=1S/C92H171O25P/c1-5-9-13-17-21-25-29-33-36-39-42-44-48-52-56-60-64-75(94)108-69-72(111-77(96)66-62-58-54-50-46-40-32-28-24-20-16-12-8-4)70-110-118(106,107)117-90-88(115-91-85(104)81(100)79(98)73(68-93)112-91)84(103)83(102)87(114-78(97)67-63-59-55-51-47-43-38-35-31-27-23-19-15-11-7-3)89(90)116-92-86(105)82(101)80(99)74(113-92)71-109-76(95)65-61-57-53-49-45-41-37-34-30-26-22-18-14-10-6-2/h27,31,72-74,79-93,98-105H,5-26,28-30,32-71H2,1-4H3,(H,106,107)/b31-27-. The van der Waals surface area contributed by atoms with Crippen LogP contribution in [0.2, 0.25) is 0 Å². The Hall–Kier alpha value is -2.79. The van der Waals surface area contributed by atoms with Gasteiger partial charge in [0, 0.05) is 25.7 Å². The molecule has 0 spiro atoms. The zero-order valence-corrected chi connectivity index (χ0v) is 74.9. The van der Waals surface area contributed by atoms with E-state index in [4.69, 9.17) is 46.9 Å². The Morgan fingerprint density at radius 3 is 1.02 bits per heavy atom. The molecular weight excluding hydrogens is 1540 g/mol. The number of carbonyl (C=O) groups is 4. The second-order valence-electron chi connectivity index (χ2n) is 34.2. The lowest BCUT2D eigenvalue weighted by atomic mass is 9.84. The second kappa shape index (κ2) is 71.4. The van der Waals surface area contributed by atoms with Crippen molar-refractivity contribution in [2.75, 3.05) is 26.4 Å². The van der Waals surface area contributed by atoms with E-state index in [0.717, 1.165) is 141 Å². The molecule has 118 heavy (non-hydrogen) atoms. The van der Waals surface area contributed by atoms with Gasteiger partial charge in [-0.1, -0.05) is 354 Å². The number of phosphoric acid groups is 1. The number of carbonyl (C=O) groups excluding carboxylic acids is 4. The van der Waals surface area contributed by atoms with Crippen molar-refractivity contribution >= 4 is 31.7 Å². The third-order valence-electron chi connectivity index (χ3n) is 23.5. The highest BCUT2D eigenvalue weighted by Crippen LogP contribution is 2.49. The average molecular weight is 1710 g/mol. The molecule has 18 atom stereocenters. The minimum Gasteiger partial charge on any atom is -0.463 e. The second-order valence-corrected chi connectivity index (χ2v) is 35.6. The highest BCUT2D eigenvalue weighted by molar-refractivity contribution is 7.47. The molecule has 0 aromatic rings. The third kappa shape index (κ3) is 51.0. The van der Waals surface area contributed by atoms with E-state index in [1.165, 1.54) is 193 Å². The number of hydrogen-bond acceptors (Lipinski definition) is 24. The van der Waals surface area contributed by atoms with Gasteiger partial charge in [0.2, 0.25) is 0 Å². The van der Waals surface area contributed by atoms with Crippen molar-refractivity contribution in [2.45, 2.75) is 524 Å². The van der Waals surface area contributed by atoms with E-state index in [9.17, 15) is 74.6 Å². The minimum atomic E-state index is -5.80. The molecule has 26 heteroatoms. The Labute approximate surface area is 712 Å². The third-order valence-corrected chi connectivity index (χ3v) is 24.5. The largest absolute Gasteiger partial charge is 0.472 e. The van der Waals surface area contributed by atoms with Crippen LogP contribution in [0.25, 0.3) is 0 Å². The molecule has 3 fully saturated rings. The highest BCUT2D eigenvalue weighted by atomic mass is 31.2. The van der Waals surface area contributed by atoms with Crippen LogP contribution in [0.5, 0.6) is 0 Å². The number of ether oxygens (including phenoxy) is 8. The minimum absolute atomic E-state index is 0.0184. The van der Waals surface area contributed by atoms with Crippen LogP contribution in [0.15, 0.2) is 12.2 Å². The first-order valence-electron chi connectivity index (χ1n) is 47.9. The lowest BCUT2D eigenvalue weighted by molar-refractivity contribution is -0.360. The van der Waals surface area contributed by atoms with Crippen LogP contribution in [-0.4, -0.2) is 205 Å². The normalized spacial score (nSPS) is 24.9. The molecule has 2 saturated heterocycles. The van der Waals surface area contributed by atoms with Gasteiger partial charge in [0.1, 0.15) is 92.6 Å². The van der Waals surface area contributed by atoms with Crippen LogP contribution in [-0.2, 0) is 70.7 Å². The monoisotopic (exact) mass is 1710 g/mol. The molecule has 0 radical (unpaired) electrons. The summed E-state index contributed by atoms with van der Waals surface area (Å²) in [6.45, 7) is 5.62. The maximum Gasteiger partial charge on any atom is 0.472 e. The predicted octanol–water partition coefficient (Wildman–Crippen LogP) is 17.9. The van der Waals surface area contributed by atoms with Gasteiger partial charge >= 0.3 is 31.7 Å². The maximum atomic E-state index is 14.9. The molecule has 694 valence electrons. The van der Waals surface area contributed by atoms with Gasteiger partial charge in [0.25, 0.3) is 0 Å². The molecule has 0 aromatic heterocycles. The van der Waals surface area contributed by atoms with Crippen LogP contribution in [0.1, 0.15) is 419 Å². The summed E-state index contributed by atoms with van der Waals surface area (Å²) >= 11 is 0. The molecule has 1 saturated carbocycles. The SMILES string of the molecule is CCCCCC/C=C\CCCCCCCCCC(=O)OC1C(O)C(O)C(OC2OC(CO)C(O)C(O)C2O)C(OP(=O)(O)OCC(COC(=O)CCCCCCCCCCCCCCCCCC)OC(=O)CCCCCCCCCCCCCCC)C1OC1OC(COC(=O)CCCCCCCCCCCCCCCCC)C(O)C(O)C1O. The van der Waals surface area contributed by atoms with Crippen LogP contribution in [0.4, 0.5) is 0 Å². The fraction of sp³-hybridized carbons (Fsp3) is 0.935. The van der Waals surface area contributed by atoms with Gasteiger partial charge in [0.15, 0.2) is 24.8 Å². The number of esters is 4. The predicted molar refractivity (Wildman–Crippen MR) is 458 cm³/mol. The molecule has 0 bridgehead atoms. The molecule has 2 heterocycles. The number of hydrogen-bond donors (Lipinski definition) is 10. The van der Waals surface area contributed by atoms with Gasteiger partial charge in [-0.05, 0) is 51.4 Å². The van der Waals surface area contributed by atoms with E-state index in [-0.39, 0.29) is 25.7 Å². The number of aliphatic hydroxyl groups is 9. The first-order valence-corrected chi connectivity index (χ1v) is 49.4. The number of aliphatic hydroxyl groups excluding tert-OH is 9. The smallest absolute Gasteiger partial charge is 0.463 e. The van der Waals surface area contributed by atoms with E-state index in [1.807, 2.05) is 0 Å². The number of unbranched alkanes of at least 4 members (excludes halogenated alkanes) is 52. The zero-order valence-electron chi connectivity index (χ0n) is 74.0. The molecule has 18 unspecified atom stereocenters. The van der Waals surface area contributed by atoms with Gasteiger partial charge in [-0.15, -0.1) is 0 Å². The quantitative estimate of drug-likeness (QED) is 0.00889. The Balaban J connectivity index is 1.90. The summed E-state index contributed by atoms with van der Waals surface area (Å²) in [6.07, 6.45) is 30.5. The van der Waals surface area contributed by atoms with E-state index in [0.29, 0.717) is 32.1 Å². The first kappa shape index (κ1) is 109. The van der Waals surface area contributed by atoms with E-state index >= 15 is 0 Å². The Kier molecular flexibility index (Phi) is 66.2. The van der Waals surface area contributed by atoms with Crippen molar-refractivity contribution in [3.63, 3.8) is 0 Å². The Morgan fingerprint density at radius 2 is 0.636 bits per heavy atom. The summed E-state index contributed by atoms with van der Waals surface area (Å²) in [5, 5.41) is 102. The van der Waals surface area contributed by atoms with Crippen molar-refractivity contribution < 1.29 is 122 Å². The number of phosphoric ester groups is 1. The summed E-state index contributed by atoms with van der Waals surface area (Å²) in [6, 6.07) is 0. The highest BCUT2D eigenvalue weighted by Gasteiger charge is 2.60. The van der Waals surface area contributed by atoms with Crippen molar-refractivity contribution in [2.24, 2.45) is 0 Å². The first-order chi connectivity index (χ1) is 57.2. The Morgan fingerprint density at radius 1 is 0.331 bits per heavy atom. The Bertz CT molecular complexity index is 2500. The van der Waals surface area contributed by atoms with E-state index in [2.05, 4.69) is 39.8 Å². The zero-order chi connectivity index (χ0) is 86.1. The van der Waals surface area contributed by atoms with Crippen LogP contribution in [0, 0.1) is 0 Å². The maximum absolute atomic E-state index is 14.9. The van der Waals surface area contributed by atoms with E-state index in [1.54, 1.807) is 0 Å². The summed E-state index contributed by atoms with van der Waals surface area (Å²) < 4.78 is 73.5. The van der Waals surface area contributed by atoms with Crippen LogP contribution < -0.4 is 0 Å². The lowest BCUT2D eigenvalue weighted by Crippen LogP contribution is -2.70. The molecule has 3 aliphatic rings. The number of rotatable bonds is 78. The molecule has 1 aliphatic carbocycles. The lowest BCUT2D eigenvalue weighted by Gasteiger charge is -2.50. The molecule has 0 amide bonds. The molecule has 10 N–H and O–H groups in total. The van der Waals surface area contributed by atoms with E-state index < -0.39 is 162 Å². The average Bonchev–Trinajstić information content (AvgIpc) is 0.754. The van der Waals surface area contributed by atoms with Crippen molar-refractivity contribution in [1.29, 1.82) is 0 Å². The summed E-state index contributed by atoms with van der Waals surface area (Å²) in [5.41, 5.74) is 0. The summed E-state index contributed by atoms with van der Waals surface area (Å²) in [7, 11) is -5.80.